The van der Waals surface area contributed by atoms with E-state index in [4.69, 9.17) is 9.40 Å². The van der Waals surface area contributed by atoms with Gasteiger partial charge >= 0.3 is 0 Å². The topological polar surface area (TPSA) is 60.1 Å². The van der Waals surface area contributed by atoms with Crippen LogP contribution in [0.1, 0.15) is 33.9 Å². The van der Waals surface area contributed by atoms with Crippen LogP contribution in [0.15, 0.2) is 71.3 Å². The van der Waals surface area contributed by atoms with Gasteiger partial charge in [-0.3, -0.25) is 4.79 Å². The van der Waals surface area contributed by atoms with Crippen molar-refractivity contribution in [2.24, 2.45) is 0 Å². The molecule has 0 spiro atoms. The van der Waals surface area contributed by atoms with Gasteiger partial charge in [0.05, 0.1) is 17.3 Å². The molecule has 0 aliphatic rings. The maximum Gasteiger partial charge on any atom is 0.286 e. The van der Waals surface area contributed by atoms with Gasteiger partial charge in [-0.15, -0.1) is 0 Å². The number of para-hydroxylation sites is 2. The second-order valence-electron chi connectivity index (χ2n) is 6.87. The molecular weight excluding hydrogens is 350 g/mol. The van der Waals surface area contributed by atoms with E-state index in [-0.39, 0.29) is 5.91 Å². The monoisotopic (exact) mass is 373 g/mol. The van der Waals surface area contributed by atoms with Crippen molar-refractivity contribution in [1.29, 1.82) is 0 Å². The van der Waals surface area contributed by atoms with Gasteiger partial charge in [-0.25, -0.2) is 4.98 Å². The first-order valence-electron chi connectivity index (χ1n) is 9.53. The SMILES string of the molecule is Cc1ccccc1Cn1c(CCCNC(=O)c2ccco2)nc2ccccc21. The van der Waals surface area contributed by atoms with Crippen molar-refractivity contribution in [2.45, 2.75) is 26.3 Å². The first-order valence-corrected chi connectivity index (χ1v) is 9.53. The van der Waals surface area contributed by atoms with Crippen molar-refractivity contribution < 1.29 is 9.21 Å². The first-order chi connectivity index (χ1) is 13.7. The molecule has 0 unspecified atom stereocenters. The highest BCUT2D eigenvalue weighted by molar-refractivity contribution is 5.91. The number of amides is 1. The molecule has 0 fully saturated rings. The number of hydrogen-bond acceptors (Lipinski definition) is 3. The van der Waals surface area contributed by atoms with Gasteiger partial charge < -0.3 is 14.3 Å². The van der Waals surface area contributed by atoms with E-state index in [0.717, 1.165) is 36.2 Å². The average molecular weight is 373 g/mol. The highest BCUT2D eigenvalue weighted by atomic mass is 16.3. The van der Waals surface area contributed by atoms with Crippen LogP contribution in [0.2, 0.25) is 0 Å². The predicted octanol–water partition coefficient (Wildman–Crippen LogP) is 4.35. The lowest BCUT2D eigenvalue weighted by atomic mass is 10.1. The molecule has 1 amide bonds. The number of aryl methyl sites for hydroxylation is 2. The normalized spacial score (nSPS) is 11.0. The van der Waals surface area contributed by atoms with Crippen molar-refractivity contribution >= 4 is 16.9 Å². The van der Waals surface area contributed by atoms with E-state index >= 15 is 0 Å². The molecule has 4 aromatic rings. The fraction of sp³-hybridized carbons (Fsp3) is 0.217. The van der Waals surface area contributed by atoms with Gasteiger partial charge in [0.1, 0.15) is 5.82 Å². The third-order valence-corrected chi connectivity index (χ3v) is 4.93. The quantitative estimate of drug-likeness (QED) is 0.490. The molecule has 0 saturated heterocycles. The molecule has 5 heteroatoms. The number of aromatic nitrogens is 2. The van der Waals surface area contributed by atoms with E-state index in [0.29, 0.717) is 12.3 Å². The van der Waals surface area contributed by atoms with Crippen LogP contribution in [0.5, 0.6) is 0 Å². The average Bonchev–Trinajstić information content (AvgIpc) is 3.36. The van der Waals surface area contributed by atoms with E-state index in [9.17, 15) is 4.79 Å². The van der Waals surface area contributed by atoms with Gasteiger partial charge in [-0.1, -0.05) is 36.4 Å². The Bertz CT molecular complexity index is 1080. The molecule has 2 aromatic carbocycles. The van der Waals surface area contributed by atoms with Crippen molar-refractivity contribution in [3.63, 3.8) is 0 Å². The zero-order valence-electron chi connectivity index (χ0n) is 15.9. The second kappa shape index (κ2) is 8.13. The second-order valence-corrected chi connectivity index (χ2v) is 6.87. The van der Waals surface area contributed by atoms with Crippen LogP contribution in [0, 0.1) is 6.92 Å². The molecule has 5 nitrogen and oxygen atoms in total. The zero-order valence-corrected chi connectivity index (χ0v) is 15.9. The Morgan fingerprint density at radius 2 is 1.89 bits per heavy atom. The van der Waals surface area contributed by atoms with Gasteiger partial charge in [-0.2, -0.15) is 0 Å². The Morgan fingerprint density at radius 3 is 2.71 bits per heavy atom. The van der Waals surface area contributed by atoms with E-state index in [2.05, 4.69) is 47.1 Å². The molecule has 4 rings (SSSR count). The van der Waals surface area contributed by atoms with Gasteiger partial charge in [0.25, 0.3) is 5.91 Å². The molecule has 0 atom stereocenters. The smallest absolute Gasteiger partial charge is 0.286 e. The Balaban J connectivity index is 1.48. The lowest BCUT2D eigenvalue weighted by molar-refractivity contribution is 0.0925. The van der Waals surface area contributed by atoms with Gasteiger partial charge in [0, 0.05) is 19.5 Å². The van der Waals surface area contributed by atoms with Crippen LogP contribution in [0.25, 0.3) is 11.0 Å². The van der Waals surface area contributed by atoms with Gasteiger partial charge in [0.2, 0.25) is 0 Å². The molecule has 0 aliphatic heterocycles. The minimum absolute atomic E-state index is 0.182. The number of nitrogens with zero attached hydrogens (tertiary/aromatic N) is 2. The summed E-state index contributed by atoms with van der Waals surface area (Å²) in [7, 11) is 0. The summed E-state index contributed by atoms with van der Waals surface area (Å²) in [6, 6.07) is 20.0. The molecule has 0 saturated carbocycles. The van der Waals surface area contributed by atoms with E-state index in [1.165, 1.54) is 17.4 Å². The molecule has 0 bridgehead atoms. The van der Waals surface area contributed by atoms with Crippen LogP contribution in [0.3, 0.4) is 0 Å². The van der Waals surface area contributed by atoms with E-state index in [1.54, 1.807) is 12.1 Å². The third-order valence-electron chi connectivity index (χ3n) is 4.93. The van der Waals surface area contributed by atoms with E-state index in [1.807, 2.05) is 18.2 Å². The molecular formula is C23H23N3O2. The summed E-state index contributed by atoms with van der Waals surface area (Å²) in [5.41, 5.74) is 4.71. The van der Waals surface area contributed by atoms with E-state index < -0.39 is 0 Å². The maximum absolute atomic E-state index is 12.0. The van der Waals surface area contributed by atoms with Crippen LogP contribution in [0.4, 0.5) is 0 Å². The largest absolute Gasteiger partial charge is 0.459 e. The lowest BCUT2D eigenvalue weighted by Crippen LogP contribution is -2.24. The standard InChI is InChI=1S/C23H23N3O2/c1-17-8-2-3-9-18(17)16-26-20-11-5-4-10-19(20)25-22(26)13-6-14-24-23(27)21-12-7-15-28-21/h2-5,7-12,15H,6,13-14,16H2,1H3,(H,24,27). The molecule has 142 valence electrons. The maximum atomic E-state index is 12.0. The number of carbonyl (C=O) groups is 1. The fourth-order valence-corrected chi connectivity index (χ4v) is 3.39. The fourth-order valence-electron chi connectivity index (χ4n) is 3.39. The van der Waals surface area contributed by atoms with Crippen molar-refractivity contribution in [2.75, 3.05) is 6.54 Å². The predicted molar refractivity (Wildman–Crippen MR) is 109 cm³/mol. The molecule has 2 heterocycles. The van der Waals surface area contributed by atoms with Crippen molar-refractivity contribution in [1.82, 2.24) is 14.9 Å². The third kappa shape index (κ3) is 3.83. The molecule has 2 aromatic heterocycles. The highest BCUT2D eigenvalue weighted by Gasteiger charge is 2.12. The number of carbonyl (C=O) groups excluding carboxylic acids is 1. The minimum atomic E-state index is -0.182. The lowest BCUT2D eigenvalue weighted by Gasteiger charge is -2.12. The van der Waals surface area contributed by atoms with Gasteiger partial charge in [-0.05, 0) is 48.7 Å². The number of hydrogen-bond donors (Lipinski definition) is 1. The summed E-state index contributed by atoms with van der Waals surface area (Å²) in [6.45, 7) is 3.51. The summed E-state index contributed by atoms with van der Waals surface area (Å²) in [5.74, 6) is 1.20. The number of rotatable bonds is 7. The number of imidazole rings is 1. The Kier molecular flexibility index (Phi) is 5.24. The van der Waals surface area contributed by atoms with Gasteiger partial charge in [0.15, 0.2) is 5.76 Å². The summed E-state index contributed by atoms with van der Waals surface area (Å²) >= 11 is 0. The molecule has 1 N–H and O–H groups in total. The molecule has 0 aliphatic carbocycles. The number of benzene rings is 2. The van der Waals surface area contributed by atoms with Crippen molar-refractivity contribution in [3.8, 4) is 0 Å². The summed E-state index contributed by atoms with van der Waals surface area (Å²) in [5, 5.41) is 2.90. The number of furan rings is 1. The highest BCUT2D eigenvalue weighted by Crippen LogP contribution is 2.20. The Hall–Kier alpha value is -3.34. The number of nitrogens with one attached hydrogen (secondary N) is 1. The first kappa shape index (κ1) is 18.0. The number of fused-ring (bicyclic) bond motifs is 1. The summed E-state index contributed by atoms with van der Waals surface area (Å²) in [4.78, 5) is 16.8. The van der Waals surface area contributed by atoms with Crippen LogP contribution >= 0.6 is 0 Å². The summed E-state index contributed by atoms with van der Waals surface area (Å²) in [6.07, 6.45) is 3.10. The molecule has 28 heavy (non-hydrogen) atoms. The van der Waals surface area contributed by atoms with Crippen LogP contribution in [-0.2, 0) is 13.0 Å². The summed E-state index contributed by atoms with van der Waals surface area (Å²) < 4.78 is 7.40. The van der Waals surface area contributed by atoms with Crippen molar-refractivity contribution in [3.05, 3.63) is 89.6 Å². The Labute approximate surface area is 164 Å². The zero-order chi connectivity index (χ0) is 19.3. The Morgan fingerprint density at radius 1 is 1.07 bits per heavy atom. The van der Waals surface area contributed by atoms with Crippen LogP contribution < -0.4 is 5.32 Å². The van der Waals surface area contributed by atoms with Crippen LogP contribution in [-0.4, -0.2) is 22.0 Å². The molecule has 0 radical (unpaired) electrons. The minimum Gasteiger partial charge on any atom is -0.459 e.